The van der Waals surface area contributed by atoms with Gasteiger partial charge in [-0.15, -0.1) is 0 Å². The number of hydrogen-bond acceptors (Lipinski definition) is 5. The summed E-state index contributed by atoms with van der Waals surface area (Å²) in [5.74, 6) is 0.283. The van der Waals surface area contributed by atoms with Crippen LogP contribution in [0.1, 0.15) is 19.0 Å². The third-order valence-electron chi connectivity index (χ3n) is 3.84. The lowest BCUT2D eigenvalue weighted by Gasteiger charge is -2.33. The Morgan fingerprint density at radius 3 is 2.83 bits per heavy atom. The molecular formula is C16H17F3N4O. The fourth-order valence-corrected chi connectivity index (χ4v) is 2.54. The van der Waals surface area contributed by atoms with Gasteiger partial charge in [0.25, 0.3) is 0 Å². The first kappa shape index (κ1) is 16.6. The maximum absolute atomic E-state index is 13.2. The maximum Gasteiger partial charge on any atom is 0.433 e. The molecule has 2 aromatic heterocycles. The van der Waals surface area contributed by atoms with Gasteiger partial charge in [0.1, 0.15) is 5.82 Å². The second kappa shape index (κ2) is 6.72. The molecule has 1 unspecified atom stereocenters. The van der Waals surface area contributed by atoms with Crippen LogP contribution in [0.15, 0.2) is 30.6 Å². The fraction of sp³-hybridized carbons (Fsp3) is 0.438. The van der Waals surface area contributed by atoms with Crippen molar-refractivity contribution in [2.75, 3.05) is 24.6 Å². The number of ether oxygens (including phenoxy) is 1. The van der Waals surface area contributed by atoms with Gasteiger partial charge in [-0.25, -0.2) is 9.97 Å². The van der Waals surface area contributed by atoms with Crippen molar-refractivity contribution < 1.29 is 17.9 Å². The van der Waals surface area contributed by atoms with E-state index in [2.05, 4.69) is 15.0 Å². The topological polar surface area (TPSA) is 51.1 Å². The van der Waals surface area contributed by atoms with Gasteiger partial charge in [-0.1, -0.05) is 6.92 Å². The summed E-state index contributed by atoms with van der Waals surface area (Å²) >= 11 is 0. The van der Waals surface area contributed by atoms with Crippen molar-refractivity contribution in [2.45, 2.75) is 25.6 Å². The number of anilines is 1. The van der Waals surface area contributed by atoms with Crippen LogP contribution in [0, 0.1) is 0 Å². The Balaban J connectivity index is 2.02. The molecule has 1 saturated heterocycles. The van der Waals surface area contributed by atoms with E-state index >= 15 is 0 Å². The van der Waals surface area contributed by atoms with Crippen LogP contribution in [0.4, 0.5) is 19.0 Å². The minimum absolute atomic E-state index is 0.00936. The maximum atomic E-state index is 13.2. The second-order valence-electron chi connectivity index (χ2n) is 5.52. The molecule has 3 rings (SSSR count). The van der Waals surface area contributed by atoms with E-state index in [0.717, 1.165) is 12.5 Å². The zero-order valence-electron chi connectivity index (χ0n) is 13.1. The van der Waals surface area contributed by atoms with E-state index in [1.54, 1.807) is 18.3 Å². The van der Waals surface area contributed by atoms with Gasteiger partial charge in [-0.2, -0.15) is 13.2 Å². The van der Waals surface area contributed by atoms with Crippen molar-refractivity contribution in [3.63, 3.8) is 0 Å². The van der Waals surface area contributed by atoms with Crippen LogP contribution in [-0.4, -0.2) is 40.8 Å². The SMILES string of the molecule is CCC1CN(c2cc(C(F)(F)F)nc(-c3cccnc3)n2)CCO1. The minimum Gasteiger partial charge on any atom is -0.375 e. The lowest BCUT2D eigenvalue weighted by molar-refractivity contribution is -0.141. The van der Waals surface area contributed by atoms with Crippen LogP contribution >= 0.6 is 0 Å². The molecule has 0 bridgehead atoms. The van der Waals surface area contributed by atoms with Gasteiger partial charge in [0.05, 0.1) is 12.7 Å². The highest BCUT2D eigenvalue weighted by Gasteiger charge is 2.34. The predicted octanol–water partition coefficient (Wildman–Crippen LogP) is 3.17. The van der Waals surface area contributed by atoms with E-state index < -0.39 is 11.9 Å². The number of hydrogen-bond donors (Lipinski definition) is 0. The molecule has 0 radical (unpaired) electrons. The molecular weight excluding hydrogens is 321 g/mol. The normalized spacial score (nSPS) is 18.7. The Morgan fingerprint density at radius 2 is 2.17 bits per heavy atom. The number of aromatic nitrogens is 3. The summed E-state index contributed by atoms with van der Waals surface area (Å²) in [5.41, 5.74) is -0.504. The van der Waals surface area contributed by atoms with E-state index in [1.165, 1.54) is 6.20 Å². The molecule has 0 aliphatic carbocycles. The first-order chi connectivity index (χ1) is 11.5. The third-order valence-corrected chi connectivity index (χ3v) is 3.84. The van der Waals surface area contributed by atoms with Gasteiger partial charge in [-0.05, 0) is 18.6 Å². The smallest absolute Gasteiger partial charge is 0.375 e. The number of alkyl halides is 3. The van der Waals surface area contributed by atoms with Crippen LogP contribution in [0.25, 0.3) is 11.4 Å². The second-order valence-corrected chi connectivity index (χ2v) is 5.52. The number of morpholine rings is 1. The van der Waals surface area contributed by atoms with Crippen molar-refractivity contribution in [3.05, 3.63) is 36.3 Å². The largest absolute Gasteiger partial charge is 0.433 e. The van der Waals surface area contributed by atoms with Crippen molar-refractivity contribution in [1.29, 1.82) is 0 Å². The standard InChI is InChI=1S/C16H17F3N4O/c1-2-12-10-23(6-7-24-12)14-8-13(16(17,18)19)21-15(22-14)11-4-3-5-20-9-11/h3-5,8-9,12H,2,6-7,10H2,1H3. The van der Waals surface area contributed by atoms with E-state index in [9.17, 15) is 13.2 Å². The lowest BCUT2D eigenvalue weighted by atomic mass is 10.2. The van der Waals surface area contributed by atoms with Crippen LogP contribution in [-0.2, 0) is 10.9 Å². The van der Waals surface area contributed by atoms with Crippen LogP contribution in [0.3, 0.4) is 0 Å². The Morgan fingerprint density at radius 1 is 1.33 bits per heavy atom. The molecule has 0 aromatic carbocycles. The van der Waals surface area contributed by atoms with Crippen molar-refractivity contribution in [3.8, 4) is 11.4 Å². The summed E-state index contributed by atoms with van der Waals surface area (Å²) in [6.45, 7) is 3.46. The van der Waals surface area contributed by atoms with Crippen molar-refractivity contribution in [2.24, 2.45) is 0 Å². The monoisotopic (exact) mass is 338 g/mol. The molecule has 0 N–H and O–H groups in total. The predicted molar refractivity (Wildman–Crippen MR) is 82.5 cm³/mol. The molecule has 3 heterocycles. The summed E-state index contributed by atoms with van der Waals surface area (Å²) in [6, 6.07) is 4.28. The van der Waals surface area contributed by atoms with Gasteiger partial charge < -0.3 is 9.64 Å². The molecule has 1 fully saturated rings. The summed E-state index contributed by atoms with van der Waals surface area (Å²) in [6.07, 6.45) is -0.752. The minimum atomic E-state index is -4.54. The first-order valence-electron chi connectivity index (χ1n) is 7.70. The van der Waals surface area contributed by atoms with Crippen LogP contribution in [0.5, 0.6) is 0 Å². The number of nitrogens with zero attached hydrogens (tertiary/aromatic N) is 4. The Kier molecular flexibility index (Phi) is 4.66. The molecule has 0 amide bonds. The van der Waals surface area contributed by atoms with Gasteiger partial charge in [-0.3, -0.25) is 4.98 Å². The molecule has 1 aliphatic rings. The van der Waals surface area contributed by atoms with Crippen molar-refractivity contribution in [1.82, 2.24) is 15.0 Å². The Labute approximate surface area is 137 Å². The van der Waals surface area contributed by atoms with E-state index in [4.69, 9.17) is 4.74 Å². The lowest BCUT2D eigenvalue weighted by Crippen LogP contribution is -2.42. The third kappa shape index (κ3) is 3.64. The molecule has 1 aliphatic heterocycles. The summed E-state index contributed by atoms with van der Waals surface area (Å²) in [5, 5.41) is 0. The molecule has 128 valence electrons. The van der Waals surface area contributed by atoms with E-state index in [-0.39, 0.29) is 17.7 Å². The number of halogens is 3. The average Bonchev–Trinajstić information content (AvgIpc) is 2.61. The molecule has 5 nitrogen and oxygen atoms in total. The molecule has 24 heavy (non-hydrogen) atoms. The van der Waals surface area contributed by atoms with E-state index in [1.807, 2.05) is 11.8 Å². The van der Waals surface area contributed by atoms with Gasteiger partial charge in [0, 0.05) is 37.1 Å². The molecule has 0 spiro atoms. The van der Waals surface area contributed by atoms with Gasteiger partial charge in [0.2, 0.25) is 0 Å². The zero-order valence-corrected chi connectivity index (χ0v) is 13.1. The quantitative estimate of drug-likeness (QED) is 0.860. The van der Waals surface area contributed by atoms with Gasteiger partial charge in [0.15, 0.2) is 11.5 Å². The number of pyridine rings is 1. The highest BCUT2D eigenvalue weighted by molar-refractivity contribution is 5.57. The highest BCUT2D eigenvalue weighted by Crippen LogP contribution is 2.32. The summed E-state index contributed by atoms with van der Waals surface area (Å²) in [7, 11) is 0. The van der Waals surface area contributed by atoms with Crippen molar-refractivity contribution >= 4 is 5.82 Å². The fourth-order valence-electron chi connectivity index (χ4n) is 2.54. The highest BCUT2D eigenvalue weighted by atomic mass is 19.4. The first-order valence-corrected chi connectivity index (χ1v) is 7.70. The summed E-state index contributed by atoms with van der Waals surface area (Å²) < 4.78 is 45.2. The number of rotatable bonds is 3. The summed E-state index contributed by atoms with van der Waals surface area (Å²) in [4.78, 5) is 13.7. The molecule has 2 aromatic rings. The average molecular weight is 338 g/mol. The molecule has 0 saturated carbocycles. The van der Waals surface area contributed by atoms with Crippen LogP contribution < -0.4 is 4.90 Å². The Hall–Kier alpha value is -2.22. The Bertz CT molecular complexity index is 693. The van der Waals surface area contributed by atoms with Gasteiger partial charge >= 0.3 is 6.18 Å². The van der Waals surface area contributed by atoms with Crippen LogP contribution in [0.2, 0.25) is 0 Å². The zero-order chi connectivity index (χ0) is 17.2. The molecule has 1 atom stereocenters. The molecule has 8 heteroatoms. The van der Waals surface area contributed by atoms with E-state index in [0.29, 0.717) is 25.3 Å².